The topological polar surface area (TPSA) is 55.8 Å². The highest BCUT2D eigenvalue weighted by molar-refractivity contribution is 7.56. The molecule has 0 spiro atoms. The van der Waals surface area contributed by atoms with Gasteiger partial charge in [-0.25, -0.2) is 0 Å². The van der Waals surface area contributed by atoms with E-state index >= 15 is 0 Å². The summed E-state index contributed by atoms with van der Waals surface area (Å²) in [4.78, 5) is 12.2. The summed E-state index contributed by atoms with van der Waals surface area (Å²) in [6.45, 7) is 13.6. The molecule has 1 N–H and O–H groups in total. The third kappa shape index (κ3) is 6.44. The fourth-order valence-electron chi connectivity index (χ4n) is 7.18. The summed E-state index contributed by atoms with van der Waals surface area (Å²) in [5, 5.41) is 12.1. The standard InChI is InChI=1S/C28H37O4P.C6H10/c1-4-31-33(32-5-2)21-10-6-18(7-11-21)24-17-28(3)25(14-15-26(28)30)23-12-8-19-16-20(29)9-13-22(19)27(23)24;1-5-6(2,3)4/h6-7,10-11,16,23-26,30H,4-5,8-9,12-15,17H2,1-3H3;1H,2-4H3. The summed E-state index contributed by atoms with van der Waals surface area (Å²) in [7, 11) is -1.04. The Hall–Kier alpha value is -1.76. The largest absolute Gasteiger partial charge is 0.393 e. The molecule has 0 radical (unpaired) electrons. The van der Waals surface area contributed by atoms with Gasteiger partial charge in [-0.15, -0.1) is 12.3 Å². The molecule has 2 saturated carbocycles. The van der Waals surface area contributed by atoms with E-state index in [0.29, 0.717) is 37.4 Å². The highest BCUT2D eigenvalue weighted by Gasteiger charge is 2.56. The predicted octanol–water partition coefficient (Wildman–Crippen LogP) is 7.62. The molecule has 1 aromatic carbocycles. The van der Waals surface area contributed by atoms with Crippen LogP contribution in [0.2, 0.25) is 0 Å². The first-order chi connectivity index (χ1) is 18.5. The highest BCUT2D eigenvalue weighted by Crippen LogP contribution is 2.63. The Morgan fingerprint density at radius 3 is 2.28 bits per heavy atom. The van der Waals surface area contributed by atoms with Crippen molar-refractivity contribution < 1.29 is 18.9 Å². The van der Waals surface area contributed by atoms with Crippen molar-refractivity contribution in [1.29, 1.82) is 0 Å². The highest BCUT2D eigenvalue weighted by atomic mass is 31.2. The molecule has 0 saturated heterocycles. The summed E-state index contributed by atoms with van der Waals surface area (Å²) < 4.78 is 11.7. The van der Waals surface area contributed by atoms with Crippen molar-refractivity contribution in [3.8, 4) is 12.3 Å². The molecule has 5 rings (SSSR count). The van der Waals surface area contributed by atoms with E-state index in [0.717, 1.165) is 43.8 Å². The van der Waals surface area contributed by atoms with E-state index in [9.17, 15) is 9.90 Å². The average Bonchev–Trinajstić information content (AvgIpc) is 3.21. The van der Waals surface area contributed by atoms with Gasteiger partial charge in [0.05, 0.1) is 19.3 Å². The predicted molar refractivity (Wildman–Crippen MR) is 161 cm³/mol. The fraction of sp³-hybridized carbons (Fsp3) is 0.618. The van der Waals surface area contributed by atoms with Crippen molar-refractivity contribution in [3.05, 3.63) is 52.6 Å². The lowest BCUT2D eigenvalue weighted by Crippen LogP contribution is -2.45. The van der Waals surface area contributed by atoms with Crippen molar-refractivity contribution in [1.82, 2.24) is 0 Å². The van der Waals surface area contributed by atoms with Gasteiger partial charge in [0.15, 0.2) is 5.78 Å². The number of terminal acetylenes is 1. The Bertz CT molecular complexity index is 1130. The van der Waals surface area contributed by atoms with E-state index in [2.05, 4.69) is 37.1 Å². The number of benzene rings is 1. The molecule has 0 amide bonds. The third-order valence-electron chi connectivity index (χ3n) is 9.11. The minimum absolute atomic E-state index is 0.0347. The summed E-state index contributed by atoms with van der Waals surface area (Å²) in [6.07, 6.45) is 13.4. The number of ketones is 1. The minimum Gasteiger partial charge on any atom is -0.393 e. The monoisotopic (exact) mass is 550 g/mol. The molecule has 5 heteroatoms. The third-order valence-corrected chi connectivity index (χ3v) is 10.8. The Kier molecular flexibility index (Phi) is 9.60. The van der Waals surface area contributed by atoms with Crippen LogP contribution in [0, 0.1) is 35.0 Å². The lowest BCUT2D eigenvalue weighted by atomic mass is 9.53. The summed E-state index contributed by atoms with van der Waals surface area (Å²) in [6, 6.07) is 8.87. The molecule has 5 atom stereocenters. The quantitative estimate of drug-likeness (QED) is 0.292. The lowest BCUT2D eigenvalue weighted by Gasteiger charge is -2.52. The normalized spacial score (nSPS) is 30.0. The molecule has 1 aromatic rings. The van der Waals surface area contributed by atoms with Crippen molar-refractivity contribution in [2.24, 2.45) is 22.7 Å². The zero-order valence-electron chi connectivity index (χ0n) is 24.8. The van der Waals surface area contributed by atoms with Gasteiger partial charge in [0, 0.05) is 23.1 Å². The summed E-state index contributed by atoms with van der Waals surface area (Å²) in [5.41, 5.74) is 5.70. The van der Waals surface area contributed by atoms with E-state index < -0.39 is 8.38 Å². The van der Waals surface area contributed by atoms with Crippen LogP contribution >= 0.6 is 8.38 Å². The van der Waals surface area contributed by atoms with Gasteiger partial charge in [0.1, 0.15) is 0 Å². The molecule has 212 valence electrons. The zero-order chi connectivity index (χ0) is 28.4. The van der Waals surface area contributed by atoms with Gasteiger partial charge in [-0.2, -0.15) is 0 Å². The van der Waals surface area contributed by atoms with Crippen LogP contribution in [0.4, 0.5) is 0 Å². The van der Waals surface area contributed by atoms with Gasteiger partial charge in [-0.1, -0.05) is 24.6 Å². The molecule has 4 aliphatic carbocycles. The smallest absolute Gasteiger partial charge is 0.205 e. The maximum atomic E-state index is 12.2. The van der Waals surface area contributed by atoms with Crippen LogP contribution in [0.1, 0.15) is 98.0 Å². The Labute approximate surface area is 237 Å². The maximum Gasteiger partial charge on any atom is 0.205 e. The summed E-state index contributed by atoms with van der Waals surface area (Å²) >= 11 is 0. The van der Waals surface area contributed by atoms with Crippen LogP contribution in [0.25, 0.3) is 0 Å². The molecule has 0 bridgehead atoms. The molecular weight excluding hydrogens is 503 g/mol. The number of carbonyl (C=O) groups excluding carboxylic acids is 1. The number of fused-ring (bicyclic) bond motifs is 4. The minimum atomic E-state index is -1.04. The fourth-order valence-corrected chi connectivity index (χ4v) is 8.41. The maximum absolute atomic E-state index is 12.2. The molecule has 0 aromatic heterocycles. The number of carbonyl (C=O) groups is 1. The number of aliphatic hydroxyl groups is 1. The van der Waals surface area contributed by atoms with Gasteiger partial charge in [0.2, 0.25) is 8.38 Å². The van der Waals surface area contributed by atoms with E-state index in [4.69, 9.17) is 15.5 Å². The second-order valence-corrected chi connectivity index (χ2v) is 14.3. The van der Waals surface area contributed by atoms with E-state index in [-0.39, 0.29) is 22.7 Å². The van der Waals surface area contributed by atoms with Crippen molar-refractivity contribution in [2.45, 2.75) is 98.5 Å². The molecule has 5 unspecified atom stereocenters. The lowest BCUT2D eigenvalue weighted by molar-refractivity contribution is -0.114. The van der Waals surface area contributed by atoms with Crippen molar-refractivity contribution in [3.63, 3.8) is 0 Å². The molecule has 4 nitrogen and oxygen atoms in total. The number of allylic oxidation sites excluding steroid dienone is 4. The van der Waals surface area contributed by atoms with Gasteiger partial charge in [-0.3, -0.25) is 4.79 Å². The van der Waals surface area contributed by atoms with Gasteiger partial charge in [0.25, 0.3) is 0 Å². The average molecular weight is 551 g/mol. The second-order valence-electron chi connectivity index (χ2n) is 12.8. The first-order valence-electron chi connectivity index (χ1n) is 14.8. The molecule has 0 aliphatic heterocycles. The Morgan fingerprint density at radius 1 is 1.05 bits per heavy atom. The summed E-state index contributed by atoms with van der Waals surface area (Å²) in [5.74, 6) is 4.26. The van der Waals surface area contributed by atoms with Gasteiger partial charge >= 0.3 is 0 Å². The van der Waals surface area contributed by atoms with Crippen LogP contribution in [0.3, 0.4) is 0 Å². The van der Waals surface area contributed by atoms with Crippen molar-refractivity contribution in [2.75, 3.05) is 13.2 Å². The molecule has 4 aliphatic rings. The second kappa shape index (κ2) is 12.4. The van der Waals surface area contributed by atoms with Crippen LogP contribution in [0.15, 0.2) is 47.1 Å². The number of hydrogen-bond acceptors (Lipinski definition) is 4. The number of aliphatic hydroxyl groups excluding tert-OH is 1. The van der Waals surface area contributed by atoms with E-state index in [1.807, 2.05) is 40.7 Å². The molecular formula is C34H47O4P. The van der Waals surface area contributed by atoms with Gasteiger partial charge in [-0.05, 0) is 125 Å². The Morgan fingerprint density at radius 2 is 1.69 bits per heavy atom. The van der Waals surface area contributed by atoms with Gasteiger partial charge < -0.3 is 14.2 Å². The SMILES string of the molecule is C#CC(C)(C)C.CCOP(OCC)c1ccc(C2CC3(C)C(O)CCC3C3CCC4=CC(=O)CCC4=C23)cc1. The van der Waals surface area contributed by atoms with Crippen LogP contribution in [-0.2, 0) is 13.8 Å². The van der Waals surface area contributed by atoms with Crippen LogP contribution in [-0.4, -0.2) is 30.2 Å². The number of hydrogen-bond donors (Lipinski definition) is 1. The zero-order valence-corrected chi connectivity index (χ0v) is 25.7. The van der Waals surface area contributed by atoms with Crippen molar-refractivity contribution >= 4 is 19.5 Å². The van der Waals surface area contributed by atoms with Crippen LogP contribution in [0.5, 0.6) is 0 Å². The molecule has 39 heavy (non-hydrogen) atoms. The first kappa shape index (κ1) is 30.2. The van der Waals surface area contributed by atoms with Crippen LogP contribution < -0.4 is 5.30 Å². The molecule has 2 fully saturated rings. The number of rotatable bonds is 6. The van der Waals surface area contributed by atoms with E-state index in [1.54, 1.807) is 5.57 Å². The molecule has 0 heterocycles. The first-order valence-corrected chi connectivity index (χ1v) is 16.0. The Balaban J connectivity index is 0.000000531. The van der Waals surface area contributed by atoms with E-state index in [1.165, 1.54) is 16.7 Å².